The summed E-state index contributed by atoms with van der Waals surface area (Å²) in [5, 5.41) is 3.65. The molecular formula is C14H28N2O. The van der Waals surface area contributed by atoms with Crippen molar-refractivity contribution in [3.05, 3.63) is 0 Å². The van der Waals surface area contributed by atoms with E-state index in [0.29, 0.717) is 6.10 Å². The summed E-state index contributed by atoms with van der Waals surface area (Å²) in [6.45, 7) is 9.96. The Morgan fingerprint density at radius 2 is 2.24 bits per heavy atom. The molecule has 3 atom stereocenters. The summed E-state index contributed by atoms with van der Waals surface area (Å²) in [4.78, 5) is 2.58. The van der Waals surface area contributed by atoms with Crippen LogP contribution in [-0.2, 0) is 4.74 Å². The van der Waals surface area contributed by atoms with E-state index in [-0.39, 0.29) is 0 Å². The smallest absolute Gasteiger partial charge is 0.0674 e. The lowest BCUT2D eigenvalue weighted by Gasteiger charge is -2.32. The van der Waals surface area contributed by atoms with Crippen molar-refractivity contribution in [2.24, 2.45) is 5.92 Å². The highest BCUT2D eigenvalue weighted by atomic mass is 16.5. The molecule has 2 fully saturated rings. The molecule has 2 aliphatic rings. The van der Waals surface area contributed by atoms with Crippen LogP contribution in [0.2, 0.25) is 0 Å². The fraction of sp³-hybridized carbons (Fsp3) is 1.00. The van der Waals surface area contributed by atoms with Crippen molar-refractivity contribution >= 4 is 0 Å². The van der Waals surface area contributed by atoms with Crippen molar-refractivity contribution in [1.82, 2.24) is 10.2 Å². The van der Waals surface area contributed by atoms with Gasteiger partial charge in [-0.05, 0) is 45.2 Å². The van der Waals surface area contributed by atoms with Crippen LogP contribution >= 0.6 is 0 Å². The Labute approximate surface area is 106 Å². The number of hydrogen-bond donors (Lipinski definition) is 1. The molecule has 0 aromatic carbocycles. The number of nitrogens with zero attached hydrogens (tertiary/aromatic N) is 1. The van der Waals surface area contributed by atoms with Gasteiger partial charge in [0.25, 0.3) is 0 Å². The lowest BCUT2D eigenvalue weighted by Crippen LogP contribution is -2.42. The predicted molar refractivity (Wildman–Crippen MR) is 71.3 cm³/mol. The van der Waals surface area contributed by atoms with E-state index in [2.05, 4.69) is 24.1 Å². The first-order chi connectivity index (χ1) is 8.29. The van der Waals surface area contributed by atoms with E-state index in [4.69, 9.17) is 4.74 Å². The van der Waals surface area contributed by atoms with E-state index in [1.165, 1.54) is 32.2 Å². The Hall–Kier alpha value is -0.120. The Morgan fingerprint density at radius 3 is 3.00 bits per heavy atom. The van der Waals surface area contributed by atoms with Crippen LogP contribution in [0.1, 0.15) is 39.5 Å². The minimum atomic E-state index is 0.428. The van der Waals surface area contributed by atoms with Gasteiger partial charge >= 0.3 is 0 Å². The second kappa shape index (κ2) is 6.72. The number of nitrogens with one attached hydrogen (secondary N) is 1. The summed E-state index contributed by atoms with van der Waals surface area (Å²) in [7, 11) is 0. The van der Waals surface area contributed by atoms with Gasteiger partial charge in [0.15, 0.2) is 0 Å². The average Bonchev–Trinajstić information content (AvgIpc) is 2.75. The second-order valence-electron chi connectivity index (χ2n) is 5.63. The second-order valence-corrected chi connectivity index (χ2v) is 5.63. The van der Waals surface area contributed by atoms with Crippen LogP contribution in [0.4, 0.5) is 0 Å². The van der Waals surface area contributed by atoms with E-state index in [1.807, 2.05) is 0 Å². The van der Waals surface area contributed by atoms with Gasteiger partial charge in [0.05, 0.1) is 12.7 Å². The van der Waals surface area contributed by atoms with Crippen LogP contribution in [0, 0.1) is 5.92 Å². The summed E-state index contributed by atoms with van der Waals surface area (Å²) in [6, 6.07) is 0.790. The topological polar surface area (TPSA) is 24.5 Å². The molecule has 0 spiro atoms. The molecule has 0 bridgehead atoms. The Morgan fingerprint density at radius 1 is 1.35 bits per heavy atom. The molecule has 1 saturated heterocycles. The van der Waals surface area contributed by atoms with Crippen LogP contribution in [0.25, 0.3) is 0 Å². The van der Waals surface area contributed by atoms with Crippen molar-refractivity contribution in [1.29, 1.82) is 0 Å². The zero-order valence-corrected chi connectivity index (χ0v) is 11.5. The molecule has 1 heterocycles. The van der Waals surface area contributed by atoms with Crippen molar-refractivity contribution in [3.8, 4) is 0 Å². The van der Waals surface area contributed by atoms with Gasteiger partial charge in [0, 0.05) is 19.1 Å². The van der Waals surface area contributed by atoms with Crippen LogP contribution in [0.5, 0.6) is 0 Å². The van der Waals surface area contributed by atoms with Crippen molar-refractivity contribution < 1.29 is 4.74 Å². The molecular weight excluding hydrogens is 212 g/mol. The van der Waals surface area contributed by atoms with Gasteiger partial charge in [0.2, 0.25) is 0 Å². The first-order valence-electron chi connectivity index (χ1n) is 7.37. The number of rotatable bonds is 5. The van der Waals surface area contributed by atoms with E-state index in [9.17, 15) is 0 Å². The first kappa shape index (κ1) is 13.3. The summed E-state index contributed by atoms with van der Waals surface area (Å²) in [5.74, 6) is 0.910. The lowest BCUT2D eigenvalue weighted by atomic mass is 9.99. The van der Waals surface area contributed by atoms with Gasteiger partial charge in [-0.3, -0.25) is 4.90 Å². The highest BCUT2D eigenvalue weighted by Gasteiger charge is 2.27. The van der Waals surface area contributed by atoms with Crippen LogP contribution in [-0.4, -0.2) is 49.8 Å². The van der Waals surface area contributed by atoms with Gasteiger partial charge in [-0.15, -0.1) is 0 Å². The van der Waals surface area contributed by atoms with Crippen LogP contribution in [0.3, 0.4) is 0 Å². The van der Waals surface area contributed by atoms with Crippen molar-refractivity contribution in [2.45, 2.75) is 51.7 Å². The Bertz CT molecular complexity index is 222. The standard InChI is InChI=1S/C14H28N2O/c1-3-15-14-6-4-5-13(14)7-8-16-9-10-17-12(2)11-16/h12-15H,3-11H2,1-2H3. The summed E-state index contributed by atoms with van der Waals surface area (Å²) >= 11 is 0. The van der Waals surface area contributed by atoms with Crippen molar-refractivity contribution in [3.63, 3.8) is 0 Å². The molecule has 3 heteroatoms. The lowest BCUT2D eigenvalue weighted by molar-refractivity contribution is -0.0199. The molecule has 3 unspecified atom stereocenters. The van der Waals surface area contributed by atoms with Crippen molar-refractivity contribution in [2.75, 3.05) is 32.8 Å². The zero-order valence-electron chi connectivity index (χ0n) is 11.5. The molecule has 1 N–H and O–H groups in total. The van der Waals surface area contributed by atoms with Gasteiger partial charge in [-0.2, -0.15) is 0 Å². The zero-order chi connectivity index (χ0) is 12.1. The summed E-state index contributed by atoms with van der Waals surface area (Å²) in [6.07, 6.45) is 6.03. The Balaban J connectivity index is 1.69. The monoisotopic (exact) mass is 240 g/mol. The normalized spacial score (nSPS) is 35.3. The van der Waals surface area contributed by atoms with Crippen LogP contribution < -0.4 is 5.32 Å². The molecule has 0 amide bonds. The minimum absolute atomic E-state index is 0.428. The maximum absolute atomic E-state index is 5.59. The highest BCUT2D eigenvalue weighted by molar-refractivity contribution is 4.83. The van der Waals surface area contributed by atoms with Gasteiger partial charge in [0.1, 0.15) is 0 Å². The average molecular weight is 240 g/mol. The number of morpholine rings is 1. The molecule has 1 saturated carbocycles. The Kier molecular flexibility index (Phi) is 5.26. The molecule has 0 aromatic rings. The third kappa shape index (κ3) is 3.94. The third-order valence-corrected chi connectivity index (χ3v) is 4.27. The van der Waals surface area contributed by atoms with E-state index < -0.39 is 0 Å². The largest absolute Gasteiger partial charge is 0.376 e. The minimum Gasteiger partial charge on any atom is -0.376 e. The number of ether oxygens (including phenoxy) is 1. The van der Waals surface area contributed by atoms with E-state index in [0.717, 1.165) is 38.2 Å². The molecule has 17 heavy (non-hydrogen) atoms. The maximum Gasteiger partial charge on any atom is 0.0674 e. The fourth-order valence-electron chi connectivity index (χ4n) is 3.36. The van der Waals surface area contributed by atoms with Gasteiger partial charge < -0.3 is 10.1 Å². The molecule has 0 aromatic heterocycles. The van der Waals surface area contributed by atoms with Gasteiger partial charge in [-0.1, -0.05) is 13.3 Å². The fourth-order valence-corrected chi connectivity index (χ4v) is 3.36. The highest BCUT2D eigenvalue weighted by Crippen LogP contribution is 2.28. The molecule has 0 radical (unpaired) electrons. The molecule has 1 aliphatic heterocycles. The SMILES string of the molecule is CCNC1CCCC1CCN1CCOC(C)C1. The summed E-state index contributed by atoms with van der Waals surface area (Å²) in [5.41, 5.74) is 0. The van der Waals surface area contributed by atoms with Gasteiger partial charge in [-0.25, -0.2) is 0 Å². The van der Waals surface area contributed by atoms with E-state index >= 15 is 0 Å². The van der Waals surface area contributed by atoms with Crippen LogP contribution in [0.15, 0.2) is 0 Å². The number of hydrogen-bond acceptors (Lipinski definition) is 3. The van der Waals surface area contributed by atoms with E-state index in [1.54, 1.807) is 0 Å². The first-order valence-corrected chi connectivity index (χ1v) is 7.37. The summed E-state index contributed by atoms with van der Waals surface area (Å²) < 4.78 is 5.59. The predicted octanol–water partition coefficient (Wildman–Crippen LogP) is 1.88. The molecule has 1 aliphatic carbocycles. The molecule has 100 valence electrons. The maximum atomic E-state index is 5.59. The molecule has 3 nitrogen and oxygen atoms in total. The molecule has 2 rings (SSSR count). The third-order valence-electron chi connectivity index (χ3n) is 4.27. The quantitative estimate of drug-likeness (QED) is 0.794.